The minimum atomic E-state index is -3.95. The molecule has 0 aliphatic carbocycles. The highest BCUT2D eigenvalue weighted by Crippen LogP contribution is 2.09. The number of nitrogens with one attached hydrogen (secondary N) is 1. The lowest BCUT2D eigenvalue weighted by Gasteiger charge is -2.17. The van der Waals surface area contributed by atoms with Crippen LogP contribution in [0.15, 0.2) is 17.6 Å². The molecule has 0 aromatic carbocycles. The Balaban J connectivity index is 2.79. The van der Waals surface area contributed by atoms with E-state index in [4.69, 9.17) is 5.11 Å². The summed E-state index contributed by atoms with van der Waals surface area (Å²) in [5, 5.41) is 18.0. The molecule has 1 rings (SSSR count). The maximum Gasteiger partial charge on any atom is 0.336 e. The zero-order chi connectivity index (χ0) is 15.6. The highest BCUT2D eigenvalue weighted by Gasteiger charge is 2.32. The van der Waals surface area contributed by atoms with Gasteiger partial charge in [0.1, 0.15) is 0 Å². The van der Waals surface area contributed by atoms with Crippen molar-refractivity contribution in [2.75, 3.05) is 6.54 Å². The molecule has 1 atom stereocenters. The second-order valence-corrected chi connectivity index (χ2v) is 6.92. The van der Waals surface area contributed by atoms with Gasteiger partial charge in [0.25, 0.3) is 10.0 Å². The van der Waals surface area contributed by atoms with Crippen LogP contribution in [0, 0.1) is 5.92 Å². The van der Waals surface area contributed by atoms with Crippen LogP contribution in [0.2, 0.25) is 0 Å². The standard InChI is InChI=1S/C11H19N3O5S/c1-8(2)4-14-5-9(12-7-14)20(18,19)13-6-11(3,17)10(15)16/h5,7-8,13,17H,4,6H2,1-3H3,(H,15,16). The fourth-order valence-corrected chi connectivity index (χ4v) is 2.46. The number of rotatable bonds is 7. The summed E-state index contributed by atoms with van der Waals surface area (Å²) in [5.41, 5.74) is -2.17. The van der Waals surface area contributed by atoms with Crippen molar-refractivity contribution < 1.29 is 23.4 Å². The Morgan fingerprint density at radius 2 is 2.15 bits per heavy atom. The molecule has 0 fully saturated rings. The van der Waals surface area contributed by atoms with E-state index in [9.17, 15) is 18.3 Å². The molecule has 1 unspecified atom stereocenters. The molecule has 3 N–H and O–H groups in total. The minimum absolute atomic E-state index is 0.209. The van der Waals surface area contributed by atoms with Gasteiger partial charge in [-0.2, -0.15) is 0 Å². The van der Waals surface area contributed by atoms with Crippen LogP contribution in [-0.2, 0) is 21.4 Å². The Morgan fingerprint density at radius 1 is 1.55 bits per heavy atom. The molecule has 0 aliphatic rings. The Bertz CT molecular complexity index is 577. The lowest BCUT2D eigenvalue weighted by Crippen LogP contribution is -2.46. The first-order chi connectivity index (χ1) is 9.04. The molecule has 8 nitrogen and oxygen atoms in total. The van der Waals surface area contributed by atoms with Crippen LogP contribution in [0.25, 0.3) is 0 Å². The number of carbonyl (C=O) groups is 1. The second-order valence-electron chi connectivity index (χ2n) is 5.21. The predicted octanol–water partition coefficient (Wildman–Crippen LogP) is -0.347. The number of imidazole rings is 1. The number of aliphatic carboxylic acids is 1. The number of sulfonamides is 1. The van der Waals surface area contributed by atoms with Crippen LogP contribution in [0.5, 0.6) is 0 Å². The summed E-state index contributed by atoms with van der Waals surface area (Å²) in [6, 6.07) is 0. The SMILES string of the molecule is CC(C)Cn1cnc(S(=O)(=O)NCC(C)(O)C(=O)O)c1. The average molecular weight is 305 g/mol. The molecule has 1 heterocycles. The first-order valence-electron chi connectivity index (χ1n) is 6.02. The Morgan fingerprint density at radius 3 is 2.65 bits per heavy atom. The largest absolute Gasteiger partial charge is 0.479 e. The van der Waals surface area contributed by atoms with Gasteiger partial charge in [0.2, 0.25) is 0 Å². The number of hydrogen-bond donors (Lipinski definition) is 3. The molecule has 20 heavy (non-hydrogen) atoms. The van der Waals surface area contributed by atoms with E-state index in [-0.39, 0.29) is 5.03 Å². The van der Waals surface area contributed by atoms with E-state index in [2.05, 4.69) is 4.98 Å². The van der Waals surface area contributed by atoms with Crippen LogP contribution >= 0.6 is 0 Å². The zero-order valence-electron chi connectivity index (χ0n) is 11.6. The first kappa shape index (κ1) is 16.6. The lowest BCUT2D eigenvalue weighted by molar-refractivity contribution is -0.155. The van der Waals surface area contributed by atoms with E-state index < -0.39 is 28.1 Å². The fourth-order valence-electron chi connectivity index (χ4n) is 1.38. The molecular formula is C11H19N3O5S. The molecule has 0 spiro atoms. The van der Waals surface area contributed by atoms with E-state index in [1.807, 2.05) is 18.6 Å². The summed E-state index contributed by atoms with van der Waals surface area (Å²) in [5.74, 6) is -1.18. The zero-order valence-corrected chi connectivity index (χ0v) is 12.4. The summed E-state index contributed by atoms with van der Waals surface area (Å²) in [4.78, 5) is 14.5. The van der Waals surface area contributed by atoms with Crippen LogP contribution in [0.3, 0.4) is 0 Å². The predicted molar refractivity (Wildman–Crippen MR) is 70.5 cm³/mol. The van der Waals surface area contributed by atoms with Crippen molar-refractivity contribution in [3.05, 3.63) is 12.5 Å². The van der Waals surface area contributed by atoms with Crippen molar-refractivity contribution in [2.45, 2.75) is 37.9 Å². The number of carboxylic acids is 1. The van der Waals surface area contributed by atoms with Crippen molar-refractivity contribution >= 4 is 16.0 Å². The number of hydrogen-bond acceptors (Lipinski definition) is 5. The molecule has 0 amide bonds. The summed E-state index contributed by atoms with van der Waals surface area (Å²) >= 11 is 0. The van der Waals surface area contributed by atoms with Crippen molar-refractivity contribution in [2.24, 2.45) is 5.92 Å². The van der Waals surface area contributed by atoms with Crippen molar-refractivity contribution in [3.8, 4) is 0 Å². The average Bonchev–Trinajstić information content (AvgIpc) is 2.75. The van der Waals surface area contributed by atoms with Crippen molar-refractivity contribution in [1.29, 1.82) is 0 Å². The van der Waals surface area contributed by atoms with Crippen molar-refractivity contribution in [3.63, 3.8) is 0 Å². The molecule has 0 aliphatic heterocycles. The molecule has 9 heteroatoms. The Hall–Kier alpha value is -1.45. The third kappa shape index (κ3) is 4.29. The van der Waals surface area contributed by atoms with E-state index in [1.165, 1.54) is 12.5 Å². The highest BCUT2D eigenvalue weighted by molar-refractivity contribution is 7.89. The Kier molecular flexibility index (Phi) is 4.90. The summed E-state index contributed by atoms with van der Waals surface area (Å²) in [6.07, 6.45) is 2.75. The normalized spacial score (nSPS) is 15.2. The third-order valence-corrected chi connectivity index (χ3v) is 3.81. The van der Waals surface area contributed by atoms with Crippen LogP contribution in [0.1, 0.15) is 20.8 Å². The van der Waals surface area contributed by atoms with Crippen LogP contribution in [-0.4, -0.2) is 46.3 Å². The minimum Gasteiger partial charge on any atom is -0.479 e. The molecule has 0 saturated heterocycles. The second kappa shape index (κ2) is 5.90. The fraction of sp³-hybridized carbons (Fsp3) is 0.636. The summed E-state index contributed by atoms with van der Waals surface area (Å²) < 4.78 is 27.5. The maximum atomic E-state index is 11.9. The summed E-state index contributed by atoms with van der Waals surface area (Å²) in [7, 11) is -3.95. The van der Waals surface area contributed by atoms with Gasteiger partial charge in [-0.05, 0) is 12.8 Å². The highest BCUT2D eigenvalue weighted by atomic mass is 32.2. The van der Waals surface area contributed by atoms with E-state index in [1.54, 1.807) is 4.57 Å². The number of aromatic nitrogens is 2. The molecular weight excluding hydrogens is 286 g/mol. The molecule has 114 valence electrons. The van der Waals surface area contributed by atoms with Gasteiger partial charge in [-0.3, -0.25) is 0 Å². The van der Waals surface area contributed by atoms with Crippen molar-refractivity contribution in [1.82, 2.24) is 14.3 Å². The van der Waals surface area contributed by atoms with Gasteiger partial charge in [0.15, 0.2) is 10.6 Å². The number of aliphatic hydroxyl groups is 1. The number of carboxylic acid groups (broad SMARTS) is 1. The van der Waals surface area contributed by atoms with Gasteiger partial charge in [0.05, 0.1) is 12.9 Å². The monoisotopic (exact) mass is 305 g/mol. The quantitative estimate of drug-likeness (QED) is 0.633. The maximum absolute atomic E-state index is 11.9. The topological polar surface area (TPSA) is 122 Å². The van der Waals surface area contributed by atoms with Gasteiger partial charge in [-0.15, -0.1) is 0 Å². The van der Waals surface area contributed by atoms with Crippen LogP contribution < -0.4 is 4.72 Å². The van der Waals surface area contributed by atoms with Gasteiger partial charge in [-0.1, -0.05) is 13.8 Å². The first-order valence-corrected chi connectivity index (χ1v) is 7.50. The smallest absolute Gasteiger partial charge is 0.336 e. The number of nitrogens with zero attached hydrogens (tertiary/aromatic N) is 2. The van der Waals surface area contributed by atoms with Gasteiger partial charge < -0.3 is 14.8 Å². The summed E-state index contributed by atoms with van der Waals surface area (Å²) in [6.45, 7) is 4.96. The molecule has 1 aromatic heterocycles. The lowest BCUT2D eigenvalue weighted by atomic mass is 10.1. The van der Waals surface area contributed by atoms with E-state index in [0.29, 0.717) is 12.5 Å². The Labute approximate surface area is 117 Å². The molecule has 0 bridgehead atoms. The molecule has 0 saturated carbocycles. The van der Waals surface area contributed by atoms with Gasteiger partial charge >= 0.3 is 5.97 Å². The molecule has 0 radical (unpaired) electrons. The van der Waals surface area contributed by atoms with Gasteiger partial charge in [-0.25, -0.2) is 22.9 Å². The van der Waals surface area contributed by atoms with Gasteiger partial charge in [0, 0.05) is 12.7 Å². The third-order valence-electron chi connectivity index (χ3n) is 2.53. The van der Waals surface area contributed by atoms with Crippen LogP contribution in [0.4, 0.5) is 0 Å². The van der Waals surface area contributed by atoms with E-state index >= 15 is 0 Å². The molecule has 1 aromatic rings. The van der Waals surface area contributed by atoms with E-state index in [0.717, 1.165) is 6.92 Å².